The van der Waals surface area contributed by atoms with Gasteiger partial charge in [-0.25, -0.2) is 15.0 Å². The molecular formula is C57H37N5O. The van der Waals surface area contributed by atoms with Gasteiger partial charge >= 0.3 is 0 Å². The number of hydrogen-bond donors (Lipinski definition) is 1. The van der Waals surface area contributed by atoms with Gasteiger partial charge in [-0.15, -0.1) is 0 Å². The van der Waals surface area contributed by atoms with Crippen LogP contribution in [0.2, 0.25) is 0 Å². The Kier molecular flexibility index (Phi) is 8.54. The number of nitrogen functional groups attached to an aromatic ring is 1. The highest BCUT2D eigenvalue weighted by atomic mass is 16.3. The first-order chi connectivity index (χ1) is 31.1. The van der Waals surface area contributed by atoms with E-state index < -0.39 is 0 Å². The second-order valence-electron chi connectivity index (χ2n) is 15.8. The van der Waals surface area contributed by atoms with Gasteiger partial charge in [0.25, 0.3) is 0 Å². The number of aromatic nitrogens is 4. The molecule has 0 bridgehead atoms. The van der Waals surface area contributed by atoms with Crippen molar-refractivity contribution in [3.05, 3.63) is 212 Å². The molecule has 0 aliphatic rings. The van der Waals surface area contributed by atoms with Gasteiger partial charge in [0.2, 0.25) is 0 Å². The zero-order valence-corrected chi connectivity index (χ0v) is 34.0. The number of nitrogens with zero attached hydrogens (tertiary/aromatic N) is 4. The average Bonchev–Trinajstić information content (AvgIpc) is 3.89. The second-order valence-corrected chi connectivity index (χ2v) is 15.8. The third kappa shape index (κ3) is 6.32. The van der Waals surface area contributed by atoms with Crippen LogP contribution in [0.3, 0.4) is 0 Å². The third-order valence-corrected chi connectivity index (χ3v) is 12.0. The Bertz CT molecular complexity index is 3610. The first-order valence-electron chi connectivity index (χ1n) is 21.0. The van der Waals surface area contributed by atoms with Gasteiger partial charge in [-0.3, -0.25) is 0 Å². The molecule has 6 heteroatoms. The molecule has 0 fully saturated rings. The van der Waals surface area contributed by atoms with Crippen molar-refractivity contribution in [3.8, 4) is 73.2 Å². The molecule has 9 aromatic carbocycles. The molecule has 0 aliphatic carbocycles. The van der Waals surface area contributed by atoms with Gasteiger partial charge < -0.3 is 14.7 Å². The van der Waals surface area contributed by atoms with Crippen LogP contribution >= 0.6 is 0 Å². The van der Waals surface area contributed by atoms with Gasteiger partial charge in [-0.2, -0.15) is 0 Å². The predicted octanol–water partition coefficient (Wildman–Crippen LogP) is 14.5. The molecule has 12 rings (SSSR count). The molecule has 12 aromatic rings. The number of fused-ring (bicyclic) bond motifs is 6. The van der Waals surface area contributed by atoms with Crippen LogP contribution in [0.15, 0.2) is 217 Å². The Morgan fingerprint density at radius 3 is 1.48 bits per heavy atom. The molecule has 0 saturated carbocycles. The minimum absolute atomic E-state index is 0.557. The van der Waals surface area contributed by atoms with Crippen LogP contribution < -0.4 is 5.73 Å². The highest BCUT2D eigenvalue weighted by Crippen LogP contribution is 2.45. The number of nitrogens with two attached hydrogens (primary N) is 1. The zero-order valence-electron chi connectivity index (χ0n) is 34.0. The summed E-state index contributed by atoms with van der Waals surface area (Å²) in [5.74, 6) is 1.70. The molecule has 6 nitrogen and oxygen atoms in total. The van der Waals surface area contributed by atoms with Crippen molar-refractivity contribution >= 4 is 49.4 Å². The Hall–Kier alpha value is -8.61. The number of anilines is 1. The first-order valence-corrected chi connectivity index (χ1v) is 21.0. The maximum Gasteiger partial charge on any atom is 0.164 e. The van der Waals surface area contributed by atoms with Crippen molar-refractivity contribution in [2.45, 2.75) is 0 Å². The molecule has 63 heavy (non-hydrogen) atoms. The number of para-hydroxylation sites is 1. The van der Waals surface area contributed by atoms with Crippen LogP contribution in [0.4, 0.5) is 5.69 Å². The van der Waals surface area contributed by atoms with Crippen molar-refractivity contribution in [2.75, 3.05) is 5.73 Å². The van der Waals surface area contributed by atoms with Gasteiger partial charge in [-0.1, -0.05) is 152 Å². The van der Waals surface area contributed by atoms with Crippen LogP contribution in [-0.4, -0.2) is 19.5 Å². The van der Waals surface area contributed by atoms with E-state index in [1.807, 2.05) is 60.7 Å². The number of rotatable bonds is 7. The maximum absolute atomic E-state index is 6.56. The molecule has 3 heterocycles. The fourth-order valence-corrected chi connectivity index (χ4v) is 8.99. The summed E-state index contributed by atoms with van der Waals surface area (Å²) in [6.07, 6.45) is 0. The van der Waals surface area contributed by atoms with Crippen LogP contribution in [-0.2, 0) is 0 Å². The van der Waals surface area contributed by atoms with Crippen molar-refractivity contribution in [3.63, 3.8) is 0 Å². The molecule has 0 unspecified atom stereocenters. The predicted molar refractivity (Wildman–Crippen MR) is 258 cm³/mol. The molecule has 2 N–H and O–H groups in total. The molecule has 296 valence electrons. The lowest BCUT2D eigenvalue weighted by molar-refractivity contribution is 0.669. The van der Waals surface area contributed by atoms with E-state index in [1.165, 1.54) is 0 Å². The van der Waals surface area contributed by atoms with E-state index in [0.29, 0.717) is 23.2 Å². The fraction of sp³-hybridized carbons (Fsp3) is 0. The highest BCUT2D eigenvalue weighted by Gasteiger charge is 2.24. The van der Waals surface area contributed by atoms with Crippen molar-refractivity contribution in [1.82, 2.24) is 19.5 Å². The van der Waals surface area contributed by atoms with Crippen LogP contribution in [0.25, 0.3) is 117 Å². The van der Waals surface area contributed by atoms with Crippen LogP contribution in [0.5, 0.6) is 0 Å². The number of furan rings is 1. The van der Waals surface area contributed by atoms with Gasteiger partial charge in [0.15, 0.2) is 17.5 Å². The quantitative estimate of drug-likeness (QED) is 0.162. The molecular weight excluding hydrogens is 771 g/mol. The topological polar surface area (TPSA) is 82.8 Å². The largest absolute Gasteiger partial charge is 0.456 e. The number of hydrogen-bond acceptors (Lipinski definition) is 5. The normalized spacial score (nSPS) is 11.6. The molecule has 0 radical (unpaired) electrons. The summed E-state index contributed by atoms with van der Waals surface area (Å²) in [6, 6.07) is 73.6. The average molecular weight is 808 g/mol. The monoisotopic (exact) mass is 807 g/mol. The second kappa shape index (κ2) is 14.8. The summed E-state index contributed by atoms with van der Waals surface area (Å²) < 4.78 is 8.75. The Labute approximate surface area is 363 Å². The lowest BCUT2D eigenvalue weighted by Crippen LogP contribution is -2.04. The Morgan fingerprint density at radius 2 is 0.825 bits per heavy atom. The first kappa shape index (κ1) is 36.3. The van der Waals surface area contributed by atoms with Crippen molar-refractivity contribution < 1.29 is 4.42 Å². The fourth-order valence-electron chi connectivity index (χ4n) is 8.99. The highest BCUT2D eigenvalue weighted by molar-refractivity contribution is 6.13. The summed E-state index contributed by atoms with van der Waals surface area (Å²) >= 11 is 0. The Balaban J connectivity index is 1.15. The summed E-state index contributed by atoms with van der Waals surface area (Å²) in [4.78, 5) is 15.6. The molecule has 0 aliphatic heterocycles. The van der Waals surface area contributed by atoms with Gasteiger partial charge in [0, 0.05) is 55.0 Å². The maximum atomic E-state index is 6.56. The van der Waals surface area contributed by atoms with Crippen molar-refractivity contribution in [2.24, 2.45) is 0 Å². The van der Waals surface area contributed by atoms with E-state index in [2.05, 4.69) is 156 Å². The van der Waals surface area contributed by atoms with Crippen LogP contribution in [0, 0.1) is 0 Å². The molecule has 0 spiro atoms. The minimum atomic E-state index is 0.557. The van der Waals surface area contributed by atoms with E-state index in [-0.39, 0.29) is 0 Å². The number of benzene rings is 9. The summed E-state index contributed by atoms with van der Waals surface area (Å²) in [7, 11) is 0. The summed E-state index contributed by atoms with van der Waals surface area (Å²) in [5.41, 5.74) is 21.2. The Morgan fingerprint density at radius 1 is 0.333 bits per heavy atom. The zero-order chi connectivity index (χ0) is 41.9. The molecule has 0 atom stereocenters. The van der Waals surface area contributed by atoms with E-state index in [4.69, 9.17) is 25.1 Å². The minimum Gasteiger partial charge on any atom is -0.456 e. The van der Waals surface area contributed by atoms with Gasteiger partial charge in [0.1, 0.15) is 11.2 Å². The van der Waals surface area contributed by atoms with E-state index in [0.717, 1.165) is 99.5 Å². The molecule has 0 saturated heterocycles. The lowest BCUT2D eigenvalue weighted by atomic mass is 9.92. The molecule has 3 aromatic heterocycles. The van der Waals surface area contributed by atoms with E-state index >= 15 is 0 Å². The van der Waals surface area contributed by atoms with E-state index in [1.54, 1.807) is 0 Å². The smallest absolute Gasteiger partial charge is 0.164 e. The van der Waals surface area contributed by atoms with Gasteiger partial charge in [0.05, 0.1) is 16.7 Å². The van der Waals surface area contributed by atoms with Crippen molar-refractivity contribution in [1.29, 1.82) is 0 Å². The standard InChI is InChI=1S/C57H37N5O/c58-43-27-30-51-49(35-43)48-31-40(36-15-5-1-6-16-36)26-29-50(48)62(51)54-46(37-17-7-2-8-18-37)32-42(33-47(54)38-19-9-3-10-20-38)57-60-55(39-21-11-4-12-22-39)59-56(61-57)41-25-28-45-44-23-13-14-24-52(44)63-53(45)34-41/h1-35H,58H2. The lowest BCUT2D eigenvalue weighted by Gasteiger charge is -2.21. The van der Waals surface area contributed by atoms with Gasteiger partial charge in [-0.05, 0) is 82.9 Å². The summed E-state index contributed by atoms with van der Waals surface area (Å²) in [5, 5.41) is 4.33. The van der Waals surface area contributed by atoms with Crippen LogP contribution in [0.1, 0.15) is 0 Å². The third-order valence-electron chi connectivity index (χ3n) is 12.0. The summed E-state index contributed by atoms with van der Waals surface area (Å²) in [6.45, 7) is 0. The molecule has 0 amide bonds. The van der Waals surface area contributed by atoms with E-state index in [9.17, 15) is 0 Å². The SMILES string of the molecule is Nc1ccc2c(c1)c1cc(-c3ccccc3)ccc1n2-c1c(-c2ccccc2)cc(-c2nc(-c3ccccc3)nc(-c3ccc4c(c3)oc3ccccc34)n2)cc1-c1ccccc1.